The van der Waals surface area contributed by atoms with Crippen LogP contribution in [0.2, 0.25) is 0 Å². The Kier molecular flexibility index (Phi) is 6.53. The number of aromatic nitrogens is 1. The molecule has 2 fully saturated rings. The molecule has 1 saturated heterocycles. The van der Waals surface area contributed by atoms with Crippen LogP contribution in [0.3, 0.4) is 0 Å². The number of rotatable bonds is 6. The summed E-state index contributed by atoms with van der Waals surface area (Å²) in [7, 11) is 0. The van der Waals surface area contributed by atoms with Crippen molar-refractivity contribution in [2.45, 2.75) is 37.8 Å². The van der Waals surface area contributed by atoms with Gasteiger partial charge >= 0.3 is 0 Å². The van der Waals surface area contributed by atoms with Gasteiger partial charge in [-0.3, -0.25) is 4.79 Å². The summed E-state index contributed by atoms with van der Waals surface area (Å²) in [6.07, 6.45) is 3.85. The Hall–Kier alpha value is -2.91. The van der Waals surface area contributed by atoms with Gasteiger partial charge in [0.1, 0.15) is 5.82 Å². The predicted octanol–water partition coefficient (Wildman–Crippen LogP) is 2.58. The number of nitrogens with zero attached hydrogens (tertiary/aromatic N) is 2. The molecule has 1 aliphatic heterocycles. The van der Waals surface area contributed by atoms with E-state index in [4.69, 9.17) is 16.2 Å². The Labute approximate surface area is 181 Å². The largest absolute Gasteiger partial charge is 0.378 e. The molecule has 0 spiro atoms. The summed E-state index contributed by atoms with van der Waals surface area (Å²) in [6.45, 7) is 3.11. The molecule has 0 bridgehead atoms. The lowest BCUT2D eigenvalue weighted by Crippen LogP contribution is -2.43. The number of carbonyl (C=O) groups excluding carboxylic acids is 1. The number of primary amides is 1. The van der Waals surface area contributed by atoms with Crippen LogP contribution in [0.1, 0.15) is 36.0 Å². The molecule has 1 saturated carbocycles. The van der Waals surface area contributed by atoms with E-state index < -0.39 is 11.7 Å². The molecule has 1 aromatic carbocycles. The number of hydrogen-bond acceptors (Lipinski definition) is 7. The van der Waals surface area contributed by atoms with Crippen molar-refractivity contribution in [3.05, 3.63) is 41.7 Å². The highest BCUT2D eigenvalue weighted by Crippen LogP contribution is 2.27. The summed E-state index contributed by atoms with van der Waals surface area (Å²) in [6, 6.07) is 8.76. The highest BCUT2D eigenvalue weighted by atomic mass is 19.1. The van der Waals surface area contributed by atoms with Gasteiger partial charge in [0.05, 0.1) is 18.8 Å². The molecule has 9 heteroatoms. The number of pyridine rings is 1. The van der Waals surface area contributed by atoms with Gasteiger partial charge in [-0.25, -0.2) is 9.37 Å². The number of halogens is 1. The van der Waals surface area contributed by atoms with Crippen molar-refractivity contribution in [1.29, 1.82) is 0 Å². The second-order valence-electron chi connectivity index (χ2n) is 8.05. The van der Waals surface area contributed by atoms with E-state index in [1.165, 1.54) is 0 Å². The van der Waals surface area contributed by atoms with E-state index in [1.54, 1.807) is 0 Å². The molecule has 2 atom stereocenters. The number of anilines is 4. The average Bonchev–Trinajstić information content (AvgIpc) is 2.78. The fourth-order valence-electron chi connectivity index (χ4n) is 4.10. The molecule has 1 aliphatic carbocycles. The standard InChI is InChI=1S/C22H29FN6O2/c23-17-13-16(20(25)30)21(28-22(17)27-19-4-2-1-3-18(19)24)26-14-5-7-15(8-6-14)29-9-11-31-12-10-29/h5-8,13,18-19H,1-4,9-12,24H2,(H2,25,30)(H2,26,27,28)/t18-,19?/m0/s1. The Morgan fingerprint density at radius 1 is 1.13 bits per heavy atom. The number of benzene rings is 1. The molecule has 2 aliphatic rings. The minimum absolute atomic E-state index is 0.00625. The SMILES string of the molecule is NC(=O)c1cc(F)c(NC2CCCC[C@@H]2N)nc1Nc1ccc(N2CCOCC2)cc1. The lowest BCUT2D eigenvalue weighted by Gasteiger charge is -2.30. The van der Waals surface area contributed by atoms with Crippen molar-refractivity contribution >= 4 is 28.9 Å². The maximum absolute atomic E-state index is 14.7. The normalized spacial score (nSPS) is 21.5. The van der Waals surface area contributed by atoms with Crippen molar-refractivity contribution in [2.24, 2.45) is 11.5 Å². The molecule has 31 heavy (non-hydrogen) atoms. The van der Waals surface area contributed by atoms with Crippen LogP contribution in [-0.2, 0) is 4.74 Å². The van der Waals surface area contributed by atoms with Gasteiger partial charge < -0.3 is 31.7 Å². The summed E-state index contributed by atoms with van der Waals surface area (Å²) in [5.41, 5.74) is 13.5. The zero-order chi connectivity index (χ0) is 21.8. The molecule has 2 heterocycles. The first kappa shape index (κ1) is 21.3. The Balaban J connectivity index is 1.55. The van der Waals surface area contributed by atoms with Crippen molar-refractivity contribution in [3.8, 4) is 0 Å². The number of ether oxygens (including phenoxy) is 1. The van der Waals surface area contributed by atoms with E-state index in [-0.39, 0.29) is 29.3 Å². The van der Waals surface area contributed by atoms with Gasteiger partial charge in [0.25, 0.3) is 5.91 Å². The van der Waals surface area contributed by atoms with Gasteiger partial charge in [0.15, 0.2) is 11.6 Å². The van der Waals surface area contributed by atoms with Crippen molar-refractivity contribution in [3.63, 3.8) is 0 Å². The van der Waals surface area contributed by atoms with Gasteiger partial charge in [0, 0.05) is 36.5 Å². The maximum atomic E-state index is 14.7. The fourth-order valence-corrected chi connectivity index (χ4v) is 4.10. The minimum atomic E-state index is -0.750. The van der Waals surface area contributed by atoms with E-state index >= 15 is 0 Å². The summed E-state index contributed by atoms with van der Waals surface area (Å²) < 4.78 is 20.0. The molecular weight excluding hydrogens is 399 g/mol. The lowest BCUT2D eigenvalue weighted by atomic mass is 9.91. The first-order valence-corrected chi connectivity index (χ1v) is 10.7. The number of carbonyl (C=O) groups is 1. The zero-order valence-corrected chi connectivity index (χ0v) is 17.4. The zero-order valence-electron chi connectivity index (χ0n) is 17.4. The summed E-state index contributed by atoms with van der Waals surface area (Å²) >= 11 is 0. The first-order valence-electron chi connectivity index (χ1n) is 10.7. The number of hydrogen-bond donors (Lipinski definition) is 4. The Morgan fingerprint density at radius 3 is 2.52 bits per heavy atom. The third kappa shape index (κ3) is 5.05. The highest BCUT2D eigenvalue weighted by Gasteiger charge is 2.24. The smallest absolute Gasteiger partial charge is 0.252 e. The molecule has 1 unspecified atom stereocenters. The van der Waals surface area contributed by atoms with Crippen LogP contribution in [0.25, 0.3) is 0 Å². The number of nitrogens with one attached hydrogen (secondary N) is 2. The van der Waals surface area contributed by atoms with E-state index in [0.29, 0.717) is 13.2 Å². The number of nitrogens with two attached hydrogens (primary N) is 2. The third-order valence-corrected chi connectivity index (χ3v) is 5.89. The highest BCUT2D eigenvalue weighted by molar-refractivity contribution is 5.98. The second kappa shape index (κ2) is 9.49. The lowest BCUT2D eigenvalue weighted by molar-refractivity contribution is 0.100. The molecule has 6 N–H and O–H groups in total. The average molecular weight is 429 g/mol. The van der Waals surface area contributed by atoms with Crippen molar-refractivity contribution < 1.29 is 13.9 Å². The van der Waals surface area contributed by atoms with E-state index in [9.17, 15) is 9.18 Å². The monoisotopic (exact) mass is 428 g/mol. The van der Waals surface area contributed by atoms with Crippen LogP contribution in [0.15, 0.2) is 30.3 Å². The summed E-state index contributed by atoms with van der Waals surface area (Å²) in [5, 5.41) is 6.23. The number of amides is 1. The second-order valence-corrected chi connectivity index (χ2v) is 8.05. The molecule has 0 radical (unpaired) electrons. The summed E-state index contributed by atoms with van der Waals surface area (Å²) in [4.78, 5) is 18.5. The number of morpholine rings is 1. The van der Waals surface area contributed by atoms with E-state index in [0.717, 1.165) is 56.2 Å². The minimum Gasteiger partial charge on any atom is -0.378 e. The van der Waals surface area contributed by atoms with E-state index in [1.807, 2.05) is 24.3 Å². The Morgan fingerprint density at radius 2 is 1.84 bits per heavy atom. The first-order chi connectivity index (χ1) is 15.0. The van der Waals surface area contributed by atoms with Crippen molar-refractivity contribution in [1.82, 2.24) is 4.98 Å². The van der Waals surface area contributed by atoms with Crippen LogP contribution in [-0.4, -0.2) is 49.3 Å². The third-order valence-electron chi connectivity index (χ3n) is 5.89. The summed E-state index contributed by atoms with van der Waals surface area (Å²) in [5.74, 6) is -1.10. The van der Waals surface area contributed by atoms with Crippen LogP contribution in [0, 0.1) is 5.82 Å². The van der Waals surface area contributed by atoms with Gasteiger partial charge in [-0.2, -0.15) is 0 Å². The molecule has 4 rings (SSSR count). The van der Waals surface area contributed by atoms with Crippen LogP contribution >= 0.6 is 0 Å². The molecule has 1 amide bonds. The maximum Gasteiger partial charge on any atom is 0.252 e. The molecule has 166 valence electrons. The quantitative estimate of drug-likeness (QED) is 0.558. The van der Waals surface area contributed by atoms with Crippen LogP contribution in [0.4, 0.5) is 27.4 Å². The van der Waals surface area contributed by atoms with Gasteiger partial charge in [0.2, 0.25) is 0 Å². The van der Waals surface area contributed by atoms with E-state index in [2.05, 4.69) is 20.5 Å². The molecular formula is C22H29FN6O2. The predicted molar refractivity (Wildman–Crippen MR) is 119 cm³/mol. The molecule has 2 aromatic rings. The van der Waals surface area contributed by atoms with Gasteiger partial charge in [-0.15, -0.1) is 0 Å². The van der Waals surface area contributed by atoms with Gasteiger partial charge in [-0.1, -0.05) is 12.8 Å². The topological polar surface area (TPSA) is 119 Å². The van der Waals surface area contributed by atoms with Crippen molar-refractivity contribution in [2.75, 3.05) is 41.8 Å². The fraction of sp³-hybridized carbons (Fsp3) is 0.455. The molecule has 8 nitrogen and oxygen atoms in total. The van der Waals surface area contributed by atoms with Gasteiger partial charge in [-0.05, 0) is 43.2 Å². The van der Waals surface area contributed by atoms with Crippen LogP contribution in [0.5, 0.6) is 0 Å². The Bertz CT molecular complexity index is 917. The van der Waals surface area contributed by atoms with Crippen LogP contribution < -0.4 is 27.0 Å². The molecule has 1 aromatic heterocycles.